The molecule has 0 radical (unpaired) electrons. The van der Waals surface area contributed by atoms with Gasteiger partial charge in [-0.3, -0.25) is 9.98 Å². The SMILES string of the molecule is CC(Cc1cccc(CC(C)=[N+](C)c2c(C)cccc2C)n1)=Nc1c(C)cccc1C.[CH3-].[CH3-].[Fe+2]. The molecule has 0 saturated carbocycles. The molecule has 2 aromatic carbocycles. The molecule has 0 aliphatic heterocycles. The van der Waals surface area contributed by atoms with E-state index in [1.54, 1.807) is 0 Å². The summed E-state index contributed by atoms with van der Waals surface area (Å²) in [6, 6.07) is 19.1. The largest absolute Gasteiger partial charge is 2.00 e. The van der Waals surface area contributed by atoms with Crippen LogP contribution in [-0.4, -0.2) is 28.0 Å². The fourth-order valence-corrected chi connectivity index (χ4v) is 4.11. The summed E-state index contributed by atoms with van der Waals surface area (Å²) >= 11 is 0. The van der Waals surface area contributed by atoms with Gasteiger partial charge in [-0.2, -0.15) is 0 Å². The van der Waals surface area contributed by atoms with Gasteiger partial charge in [0.05, 0.1) is 17.8 Å². The molecule has 3 aromatic rings. The van der Waals surface area contributed by atoms with Crippen LogP contribution in [0.4, 0.5) is 11.4 Å². The molecular formula is C30H40FeN3+. The maximum absolute atomic E-state index is 4.93. The third-order valence-corrected chi connectivity index (χ3v) is 5.83. The Morgan fingerprint density at radius 3 is 1.71 bits per heavy atom. The summed E-state index contributed by atoms with van der Waals surface area (Å²) in [5.74, 6) is 0. The number of aryl methyl sites for hydroxylation is 4. The van der Waals surface area contributed by atoms with Crippen molar-refractivity contribution in [3.8, 4) is 0 Å². The first-order valence-corrected chi connectivity index (χ1v) is 10.9. The van der Waals surface area contributed by atoms with E-state index in [-0.39, 0.29) is 31.9 Å². The van der Waals surface area contributed by atoms with Gasteiger partial charge in [0.1, 0.15) is 7.05 Å². The van der Waals surface area contributed by atoms with Crippen molar-refractivity contribution in [3.05, 3.63) is 103 Å². The molecule has 0 amide bonds. The molecule has 0 saturated heterocycles. The number of nitrogens with zero attached hydrogens (tertiary/aromatic N) is 3. The van der Waals surface area contributed by atoms with Crippen LogP contribution in [0.25, 0.3) is 0 Å². The van der Waals surface area contributed by atoms with Crippen molar-refractivity contribution in [1.29, 1.82) is 0 Å². The Balaban J connectivity index is 0.00000363. The maximum atomic E-state index is 4.93. The van der Waals surface area contributed by atoms with Crippen molar-refractivity contribution >= 4 is 22.8 Å². The third kappa shape index (κ3) is 7.75. The summed E-state index contributed by atoms with van der Waals surface area (Å²) < 4.78 is 2.30. The van der Waals surface area contributed by atoms with E-state index in [0.29, 0.717) is 0 Å². The fraction of sp³-hybridized carbons (Fsp3) is 0.300. The van der Waals surface area contributed by atoms with Crippen molar-refractivity contribution in [1.82, 2.24) is 4.98 Å². The molecular weight excluding hydrogens is 458 g/mol. The van der Waals surface area contributed by atoms with Gasteiger partial charge in [0, 0.05) is 35.9 Å². The standard InChI is InChI=1S/C28H34N3.2CH3.Fe/c1-19-11-8-12-20(2)27(19)29-23(5)17-25-15-10-16-26(30-25)18-24(6)31(7)28-21(3)13-9-14-22(28)4;;;/h8-16H,17-18H2,1-7H3;2*1H3;/q+1;2*-1;+2. The van der Waals surface area contributed by atoms with Gasteiger partial charge in [-0.25, -0.2) is 4.58 Å². The first-order chi connectivity index (χ1) is 14.8. The monoisotopic (exact) mass is 498 g/mol. The van der Waals surface area contributed by atoms with Crippen molar-refractivity contribution in [3.63, 3.8) is 0 Å². The van der Waals surface area contributed by atoms with Crippen LogP contribution >= 0.6 is 0 Å². The number of hydrogen-bond donors (Lipinski definition) is 0. The van der Waals surface area contributed by atoms with E-state index in [2.05, 4.69) is 108 Å². The molecule has 0 bridgehead atoms. The van der Waals surface area contributed by atoms with Crippen molar-refractivity contribution in [2.45, 2.75) is 54.4 Å². The number of aromatic nitrogens is 1. The van der Waals surface area contributed by atoms with Gasteiger partial charge in [0.15, 0.2) is 5.71 Å². The van der Waals surface area contributed by atoms with Crippen LogP contribution < -0.4 is 0 Å². The Labute approximate surface area is 218 Å². The summed E-state index contributed by atoms with van der Waals surface area (Å²) in [6.07, 6.45) is 1.58. The Morgan fingerprint density at radius 2 is 1.18 bits per heavy atom. The average molecular weight is 499 g/mol. The van der Waals surface area contributed by atoms with Crippen LogP contribution in [0.1, 0.15) is 47.5 Å². The number of aliphatic imine (C=N–C) groups is 1. The molecule has 0 atom stereocenters. The molecule has 34 heavy (non-hydrogen) atoms. The number of para-hydroxylation sites is 2. The van der Waals surface area contributed by atoms with E-state index in [4.69, 9.17) is 9.98 Å². The molecule has 0 N–H and O–H groups in total. The number of benzene rings is 2. The first kappa shape index (κ1) is 31.4. The van der Waals surface area contributed by atoms with E-state index in [0.717, 1.165) is 35.6 Å². The van der Waals surface area contributed by atoms with Gasteiger partial charge < -0.3 is 14.9 Å². The zero-order valence-electron chi connectivity index (χ0n) is 22.3. The molecule has 1 heterocycles. The molecule has 1 aromatic heterocycles. The molecule has 3 rings (SSSR count). The predicted molar refractivity (Wildman–Crippen MR) is 146 cm³/mol. The summed E-state index contributed by atoms with van der Waals surface area (Å²) in [4.78, 5) is 9.83. The van der Waals surface area contributed by atoms with Crippen LogP contribution in [-0.2, 0) is 29.9 Å². The van der Waals surface area contributed by atoms with Gasteiger partial charge in [-0.1, -0.05) is 42.5 Å². The third-order valence-electron chi connectivity index (χ3n) is 5.83. The minimum atomic E-state index is 0. The minimum Gasteiger partial charge on any atom is -0.358 e. The average Bonchev–Trinajstić information content (AvgIpc) is 2.71. The van der Waals surface area contributed by atoms with E-state index < -0.39 is 0 Å². The zero-order chi connectivity index (χ0) is 22.5. The van der Waals surface area contributed by atoms with Crippen LogP contribution in [0, 0.1) is 42.5 Å². The second kappa shape index (κ2) is 14.0. The minimum absolute atomic E-state index is 0. The van der Waals surface area contributed by atoms with Crippen LogP contribution in [0.2, 0.25) is 0 Å². The van der Waals surface area contributed by atoms with Crippen LogP contribution in [0.5, 0.6) is 0 Å². The summed E-state index contributed by atoms with van der Waals surface area (Å²) in [5.41, 5.74) is 11.9. The summed E-state index contributed by atoms with van der Waals surface area (Å²) in [5, 5.41) is 0. The van der Waals surface area contributed by atoms with E-state index in [9.17, 15) is 0 Å². The maximum Gasteiger partial charge on any atom is 2.00 e. The topological polar surface area (TPSA) is 28.3 Å². The van der Waals surface area contributed by atoms with E-state index in [1.165, 1.54) is 33.7 Å². The molecule has 0 unspecified atom stereocenters. The molecule has 3 nitrogen and oxygen atoms in total. The summed E-state index contributed by atoms with van der Waals surface area (Å²) in [7, 11) is 2.15. The quantitative estimate of drug-likeness (QED) is 0.149. The molecule has 0 fully saturated rings. The van der Waals surface area contributed by atoms with E-state index in [1.807, 2.05) is 0 Å². The Bertz CT molecular complexity index is 1120. The van der Waals surface area contributed by atoms with Gasteiger partial charge in [-0.15, -0.1) is 0 Å². The Morgan fingerprint density at radius 1 is 0.735 bits per heavy atom. The molecule has 0 aliphatic rings. The number of pyridine rings is 1. The molecule has 182 valence electrons. The van der Waals surface area contributed by atoms with Crippen molar-refractivity contribution < 1.29 is 21.6 Å². The van der Waals surface area contributed by atoms with Gasteiger partial charge in [0.2, 0.25) is 5.69 Å². The second-order valence-corrected chi connectivity index (χ2v) is 8.60. The smallest absolute Gasteiger partial charge is 0.358 e. The Hall–Kier alpha value is -2.55. The number of hydrogen-bond acceptors (Lipinski definition) is 2. The number of rotatable bonds is 6. The second-order valence-electron chi connectivity index (χ2n) is 8.60. The van der Waals surface area contributed by atoms with Gasteiger partial charge >= 0.3 is 17.1 Å². The van der Waals surface area contributed by atoms with Crippen LogP contribution in [0.3, 0.4) is 0 Å². The summed E-state index contributed by atoms with van der Waals surface area (Å²) in [6.45, 7) is 12.8. The molecule has 4 heteroatoms. The predicted octanol–water partition coefficient (Wildman–Crippen LogP) is 7.53. The van der Waals surface area contributed by atoms with Gasteiger partial charge in [-0.05, 0) is 57.9 Å². The van der Waals surface area contributed by atoms with E-state index >= 15 is 0 Å². The van der Waals surface area contributed by atoms with Crippen molar-refractivity contribution in [2.75, 3.05) is 7.05 Å². The Kier molecular flexibility index (Phi) is 12.9. The van der Waals surface area contributed by atoms with Crippen molar-refractivity contribution in [2.24, 2.45) is 4.99 Å². The van der Waals surface area contributed by atoms with Crippen LogP contribution in [0.15, 0.2) is 59.6 Å². The normalized spacial score (nSPS) is 11.6. The fourth-order valence-electron chi connectivity index (χ4n) is 4.11. The first-order valence-electron chi connectivity index (χ1n) is 10.9. The zero-order valence-corrected chi connectivity index (χ0v) is 23.4. The van der Waals surface area contributed by atoms with Gasteiger partial charge in [0.25, 0.3) is 0 Å². The molecule has 0 aliphatic carbocycles. The molecule has 0 spiro atoms.